The summed E-state index contributed by atoms with van der Waals surface area (Å²) in [5.74, 6) is 1.22. The van der Waals surface area contributed by atoms with Gasteiger partial charge in [0.15, 0.2) is 5.82 Å². The molecule has 0 aliphatic rings. The fraction of sp³-hybridized carbons (Fsp3) is 0.100. The van der Waals surface area contributed by atoms with Crippen molar-refractivity contribution in [3.8, 4) is 22.5 Å². The first-order chi connectivity index (χ1) is 13.7. The van der Waals surface area contributed by atoms with Crippen LogP contribution in [-0.4, -0.2) is 22.3 Å². The highest BCUT2D eigenvalue weighted by Crippen LogP contribution is 2.32. The maximum Gasteiger partial charge on any atom is 0.156 e. The normalized spacial score (nSPS) is 10.2. The summed E-state index contributed by atoms with van der Waals surface area (Å²) in [7, 11) is 1.58. The molecule has 0 aliphatic heterocycles. The summed E-state index contributed by atoms with van der Waals surface area (Å²) in [4.78, 5) is 4.33. The summed E-state index contributed by atoms with van der Waals surface area (Å²) in [6.45, 7) is 0.501. The maximum atomic E-state index is 9.29. The van der Waals surface area contributed by atoms with Crippen LogP contribution in [0.15, 0.2) is 48.0 Å². The van der Waals surface area contributed by atoms with Crippen LogP contribution in [0.1, 0.15) is 11.1 Å². The molecule has 9 heteroatoms. The summed E-state index contributed by atoms with van der Waals surface area (Å²) >= 11 is 7.70. The molecule has 29 heavy (non-hydrogen) atoms. The number of rotatable bonds is 5. The molecule has 2 aromatic carbocycles. The Bertz CT molecular complexity index is 1190. The van der Waals surface area contributed by atoms with Gasteiger partial charge < -0.3 is 10.1 Å². The van der Waals surface area contributed by atoms with Gasteiger partial charge in [-0.05, 0) is 29.8 Å². The lowest BCUT2D eigenvalue weighted by atomic mass is 10.1. The first-order valence-corrected chi connectivity index (χ1v) is 9.62. The summed E-state index contributed by atoms with van der Waals surface area (Å²) in [5, 5.41) is 26.2. The molecular formula is C20H15Cl2N5OS. The summed E-state index contributed by atoms with van der Waals surface area (Å²) < 4.78 is 5.18. The van der Waals surface area contributed by atoms with Gasteiger partial charge in [-0.3, -0.25) is 0 Å². The number of benzene rings is 2. The zero-order valence-electron chi connectivity index (χ0n) is 15.2. The van der Waals surface area contributed by atoms with Crippen LogP contribution in [0.4, 0.5) is 5.82 Å². The fourth-order valence-corrected chi connectivity index (χ4v) is 3.77. The smallest absolute Gasteiger partial charge is 0.156 e. The lowest BCUT2D eigenvalue weighted by Crippen LogP contribution is -2.04. The number of thiazole rings is 1. The third-order valence-electron chi connectivity index (χ3n) is 4.22. The second-order valence-corrected chi connectivity index (χ2v) is 7.23. The molecule has 0 unspecified atom stereocenters. The van der Waals surface area contributed by atoms with E-state index in [0.717, 1.165) is 21.3 Å². The molecule has 4 rings (SSSR count). The van der Waals surface area contributed by atoms with Gasteiger partial charge >= 0.3 is 0 Å². The van der Waals surface area contributed by atoms with Crippen molar-refractivity contribution in [3.63, 3.8) is 0 Å². The average Bonchev–Trinajstić information content (AvgIpc) is 3.26. The van der Waals surface area contributed by atoms with Crippen LogP contribution >= 0.6 is 35.3 Å². The minimum absolute atomic E-state index is 0. The molecule has 0 atom stereocenters. The Kier molecular flexibility index (Phi) is 6.49. The second kappa shape index (κ2) is 9.05. The predicted octanol–water partition coefficient (Wildman–Crippen LogP) is 5.32. The molecule has 4 aromatic rings. The molecule has 0 saturated carbocycles. The molecule has 0 bridgehead atoms. The van der Waals surface area contributed by atoms with Crippen LogP contribution < -0.4 is 10.1 Å². The Hall–Kier alpha value is -2.92. The van der Waals surface area contributed by atoms with Gasteiger partial charge in [0, 0.05) is 28.9 Å². The van der Waals surface area contributed by atoms with Crippen molar-refractivity contribution in [1.82, 2.24) is 15.2 Å². The number of hydrogen-bond donors (Lipinski definition) is 1. The SMILES string of the molecule is COc1ccc(CNc2nnc(-c3nccs3)c3ccc(C#N)cc23)cc1Cl.Cl. The van der Waals surface area contributed by atoms with Crippen LogP contribution in [0.2, 0.25) is 5.02 Å². The fourth-order valence-electron chi connectivity index (χ4n) is 2.86. The predicted molar refractivity (Wildman–Crippen MR) is 118 cm³/mol. The van der Waals surface area contributed by atoms with Crippen molar-refractivity contribution in [2.45, 2.75) is 6.54 Å². The van der Waals surface area contributed by atoms with Crippen LogP contribution in [0.25, 0.3) is 21.5 Å². The summed E-state index contributed by atoms with van der Waals surface area (Å²) in [6.07, 6.45) is 1.73. The van der Waals surface area contributed by atoms with Gasteiger partial charge in [-0.1, -0.05) is 23.7 Å². The van der Waals surface area contributed by atoms with Gasteiger partial charge in [0.2, 0.25) is 0 Å². The minimum Gasteiger partial charge on any atom is -0.495 e. The third-order valence-corrected chi connectivity index (χ3v) is 5.30. The summed E-state index contributed by atoms with van der Waals surface area (Å²) in [5.41, 5.74) is 2.23. The van der Waals surface area contributed by atoms with E-state index < -0.39 is 0 Å². The van der Waals surface area contributed by atoms with Crippen LogP contribution in [0, 0.1) is 11.3 Å². The zero-order valence-corrected chi connectivity index (χ0v) is 17.6. The van der Waals surface area contributed by atoms with Crippen molar-refractivity contribution in [1.29, 1.82) is 5.26 Å². The van der Waals surface area contributed by atoms with E-state index >= 15 is 0 Å². The number of anilines is 1. The highest BCUT2D eigenvalue weighted by molar-refractivity contribution is 7.13. The molecule has 146 valence electrons. The van der Waals surface area contributed by atoms with Crippen molar-refractivity contribution in [2.75, 3.05) is 12.4 Å². The summed E-state index contributed by atoms with van der Waals surface area (Å²) in [6, 6.07) is 13.2. The lowest BCUT2D eigenvalue weighted by molar-refractivity contribution is 0.415. The van der Waals surface area contributed by atoms with Crippen molar-refractivity contribution in [3.05, 3.63) is 64.1 Å². The topological polar surface area (TPSA) is 83.7 Å². The van der Waals surface area contributed by atoms with Crippen molar-refractivity contribution >= 4 is 51.9 Å². The van der Waals surface area contributed by atoms with E-state index in [1.54, 1.807) is 19.4 Å². The second-order valence-electron chi connectivity index (χ2n) is 5.93. The Labute approximate surface area is 182 Å². The number of nitrogens with zero attached hydrogens (tertiary/aromatic N) is 4. The number of hydrogen-bond acceptors (Lipinski definition) is 7. The Balaban J connectivity index is 0.00000240. The van der Waals surface area contributed by atoms with E-state index in [0.29, 0.717) is 34.4 Å². The van der Waals surface area contributed by atoms with Crippen molar-refractivity contribution in [2.24, 2.45) is 0 Å². The number of halogens is 2. The molecule has 0 saturated heterocycles. The molecule has 0 fully saturated rings. The first-order valence-electron chi connectivity index (χ1n) is 8.36. The van der Waals surface area contributed by atoms with E-state index in [9.17, 15) is 5.26 Å². The monoisotopic (exact) mass is 443 g/mol. The molecule has 0 spiro atoms. The Morgan fingerprint density at radius 3 is 2.72 bits per heavy atom. The lowest BCUT2D eigenvalue weighted by Gasteiger charge is -2.11. The van der Waals surface area contributed by atoms with Gasteiger partial charge in [-0.15, -0.1) is 33.9 Å². The highest BCUT2D eigenvalue weighted by atomic mass is 35.5. The number of nitrogens with one attached hydrogen (secondary N) is 1. The zero-order chi connectivity index (χ0) is 19.5. The van der Waals surface area contributed by atoms with Gasteiger partial charge in [-0.2, -0.15) is 5.26 Å². The van der Waals surface area contributed by atoms with E-state index in [1.807, 2.05) is 35.7 Å². The Morgan fingerprint density at radius 2 is 2.03 bits per heavy atom. The van der Waals surface area contributed by atoms with Gasteiger partial charge in [0.25, 0.3) is 0 Å². The molecule has 0 aliphatic carbocycles. The van der Waals surface area contributed by atoms with Crippen LogP contribution in [0.3, 0.4) is 0 Å². The first kappa shape index (κ1) is 20.8. The number of methoxy groups -OCH3 is 1. The number of nitriles is 1. The standard InChI is InChI=1S/C20H14ClN5OS.ClH/c1-27-17-5-3-13(9-16(17)21)11-24-19-15-8-12(10-22)2-4-14(15)18(25-26-19)20-23-6-7-28-20;/h2-9H,11H2,1H3,(H,24,26);1H. The largest absolute Gasteiger partial charge is 0.495 e. The number of ether oxygens (including phenoxy) is 1. The van der Waals surface area contributed by atoms with E-state index in [1.165, 1.54) is 11.3 Å². The molecule has 0 radical (unpaired) electrons. The van der Waals surface area contributed by atoms with E-state index in [4.69, 9.17) is 16.3 Å². The molecule has 0 amide bonds. The molecular weight excluding hydrogens is 429 g/mol. The molecule has 6 nitrogen and oxygen atoms in total. The molecule has 2 heterocycles. The molecule has 2 aromatic heterocycles. The van der Waals surface area contributed by atoms with E-state index in [-0.39, 0.29) is 12.4 Å². The van der Waals surface area contributed by atoms with Gasteiger partial charge in [0.1, 0.15) is 16.5 Å². The number of aromatic nitrogens is 3. The van der Waals surface area contributed by atoms with Crippen LogP contribution in [0.5, 0.6) is 5.75 Å². The maximum absolute atomic E-state index is 9.29. The van der Waals surface area contributed by atoms with Crippen LogP contribution in [-0.2, 0) is 6.54 Å². The Morgan fingerprint density at radius 1 is 1.17 bits per heavy atom. The third kappa shape index (κ3) is 4.25. The number of fused-ring (bicyclic) bond motifs is 1. The minimum atomic E-state index is 0. The van der Waals surface area contributed by atoms with Gasteiger partial charge in [-0.25, -0.2) is 4.98 Å². The van der Waals surface area contributed by atoms with E-state index in [2.05, 4.69) is 26.6 Å². The quantitative estimate of drug-likeness (QED) is 0.449. The van der Waals surface area contributed by atoms with Crippen molar-refractivity contribution < 1.29 is 4.74 Å². The average molecular weight is 444 g/mol. The van der Waals surface area contributed by atoms with Gasteiger partial charge in [0.05, 0.1) is 23.8 Å². The molecule has 1 N–H and O–H groups in total. The highest BCUT2D eigenvalue weighted by Gasteiger charge is 2.14.